The Morgan fingerprint density at radius 3 is 2.37 bits per heavy atom. The van der Waals surface area contributed by atoms with Gasteiger partial charge in [0.05, 0.1) is 37.1 Å². The van der Waals surface area contributed by atoms with Crippen molar-refractivity contribution < 1.29 is 19.1 Å². The molecule has 0 saturated carbocycles. The number of carbonyl (C=O) groups is 2. The quantitative estimate of drug-likeness (QED) is 0.796. The second-order valence-electron chi connectivity index (χ2n) is 6.44. The minimum absolute atomic E-state index is 0.0954. The summed E-state index contributed by atoms with van der Waals surface area (Å²) in [4.78, 5) is 23.2. The molecule has 2 aromatic rings. The lowest BCUT2D eigenvalue weighted by molar-refractivity contribution is -0.143. The molecule has 1 amide bonds. The van der Waals surface area contributed by atoms with Gasteiger partial charge in [0.15, 0.2) is 0 Å². The second kappa shape index (κ2) is 8.37. The Morgan fingerprint density at radius 2 is 1.78 bits per heavy atom. The Bertz CT molecular complexity index is 853. The molecule has 2 atom stereocenters. The van der Waals surface area contributed by atoms with Crippen molar-refractivity contribution in [3.8, 4) is 22.9 Å². The molecule has 138 valence electrons. The van der Waals surface area contributed by atoms with E-state index in [1.807, 2.05) is 36.4 Å². The van der Waals surface area contributed by atoms with Crippen molar-refractivity contribution in [2.75, 3.05) is 13.7 Å². The second-order valence-corrected chi connectivity index (χ2v) is 6.44. The van der Waals surface area contributed by atoms with Gasteiger partial charge in [-0.05, 0) is 41.8 Å². The van der Waals surface area contributed by atoms with E-state index in [-0.39, 0.29) is 30.3 Å². The van der Waals surface area contributed by atoms with E-state index < -0.39 is 0 Å². The van der Waals surface area contributed by atoms with Crippen molar-refractivity contribution in [1.82, 2.24) is 5.32 Å². The molecule has 1 heterocycles. The van der Waals surface area contributed by atoms with Crippen LogP contribution in [0.1, 0.15) is 18.4 Å². The Morgan fingerprint density at radius 1 is 1.15 bits per heavy atom. The van der Waals surface area contributed by atoms with Crippen molar-refractivity contribution in [3.63, 3.8) is 0 Å². The topological polar surface area (TPSA) is 88.4 Å². The lowest BCUT2D eigenvalue weighted by Gasteiger charge is -2.12. The molecule has 1 aliphatic rings. The van der Waals surface area contributed by atoms with Gasteiger partial charge in [-0.3, -0.25) is 9.59 Å². The molecule has 0 radical (unpaired) electrons. The van der Waals surface area contributed by atoms with Crippen LogP contribution in [-0.2, 0) is 14.3 Å². The van der Waals surface area contributed by atoms with Crippen LogP contribution >= 0.6 is 0 Å². The fourth-order valence-corrected chi connectivity index (χ4v) is 3.08. The predicted molar refractivity (Wildman–Crippen MR) is 98.8 cm³/mol. The highest BCUT2D eigenvalue weighted by atomic mass is 16.5. The number of benzene rings is 2. The maximum absolute atomic E-state index is 11.9. The lowest BCUT2D eigenvalue weighted by Crippen LogP contribution is -2.31. The van der Waals surface area contributed by atoms with E-state index in [9.17, 15) is 9.59 Å². The third-order valence-electron chi connectivity index (χ3n) is 4.58. The van der Waals surface area contributed by atoms with Gasteiger partial charge >= 0.3 is 5.97 Å². The number of amides is 1. The van der Waals surface area contributed by atoms with Crippen LogP contribution < -0.4 is 10.1 Å². The average molecular weight is 364 g/mol. The number of methoxy groups -OCH3 is 1. The van der Waals surface area contributed by atoms with Gasteiger partial charge in [0.2, 0.25) is 5.91 Å². The first-order valence-electron chi connectivity index (χ1n) is 8.69. The number of hydrogen-bond donors (Lipinski definition) is 1. The summed E-state index contributed by atoms with van der Waals surface area (Å²) in [5, 5.41) is 11.7. The van der Waals surface area contributed by atoms with Crippen LogP contribution in [0.2, 0.25) is 0 Å². The summed E-state index contributed by atoms with van der Waals surface area (Å²) in [6.07, 6.45) is 0.648. The molecule has 1 N–H and O–H groups in total. The number of esters is 1. The Balaban J connectivity index is 1.54. The maximum atomic E-state index is 11.9. The fraction of sp³-hybridized carbons (Fsp3) is 0.286. The molecular formula is C21H20N2O4. The van der Waals surface area contributed by atoms with Crippen LogP contribution in [0.3, 0.4) is 0 Å². The van der Waals surface area contributed by atoms with Crippen molar-refractivity contribution in [1.29, 1.82) is 5.26 Å². The number of rotatable bonds is 6. The van der Waals surface area contributed by atoms with E-state index in [2.05, 4.69) is 16.1 Å². The zero-order valence-electron chi connectivity index (χ0n) is 15.0. The standard InChI is InChI=1S/C21H20N2O4/c1-26-20(24)11-17-10-18(23-21(17)25)13-27-19-8-6-16(7-9-19)15-4-2-14(12-22)3-5-15/h2-9,17-18H,10-11,13H2,1H3,(H,23,25)/t17-,18-/m1/s1. The van der Waals surface area contributed by atoms with Crippen LogP contribution in [0.25, 0.3) is 11.1 Å². The zero-order valence-corrected chi connectivity index (χ0v) is 15.0. The van der Waals surface area contributed by atoms with Crippen LogP contribution in [-0.4, -0.2) is 31.6 Å². The molecule has 6 nitrogen and oxygen atoms in total. The summed E-state index contributed by atoms with van der Waals surface area (Å²) in [6.45, 7) is 0.347. The van der Waals surface area contributed by atoms with Gasteiger partial charge < -0.3 is 14.8 Å². The Hall–Kier alpha value is -3.33. The molecule has 2 aromatic carbocycles. The largest absolute Gasteiger partial charge is 0.491 e. The van der Waals surface area contributed by atoms with E-state index in [0.717, 1.165) is 11.1 Å². The summed E-state index contributed by atoms with van der Waals surface area (Å²) < 4.78 is 10.4. The normalized spacial score (nSPS) is 18.4. The van der Waals surface area contributed by atoms with Gasteiger partial charge in [0, 0.05) is 0 Å². The molecule has 0 bridgehead atoms. The van der Waals surface area contributed by atoms with Crippen LogP contribution in [0.15, 0.2) is 48.5 Å². The van der Waals surface area contributed by atoms with Crippen LogP contribution in [0.5, 0.6) is 5.75 Å². The van der Waals surface area contributed by atoms with E-state index in [1.54, 1.807) is 12.1 Å². The van der Waals surface area contributed by atoms with E-state index in [4.69, 9.17) is 10.00 Å². The number of nitriles is 1. The first-order valence-corrected chi connectivity index (χ1v) is 8.69. The predicted octanol–water partition coefficient (Wildman–Crippen LogP) is 2.67. The van der Waals surface area contributed by atoms with Gasteiger partial charge in [-0.2, -0.15) is 5.26 Å². The van der Waals surface area contributed by atoms with Crippen molar-refractivity contribution in [2.24, 2.45) is 5.92 Å². The minimum atomic E-state index is -0.380. The molecule has 0 unspecified atom stereocenters. The SMILES string of the molecule is COC(=O)C[C@H]1C[C@H](COc2ccc(-c3ccc(C#N)cc3)cc2)NC1=O. The Kier molecular flexibility index (Phi) is 5.72. The highest BCUT2D eigenvalue weighted by molar-refractivity contribution is 5.85. The summed E-state index contributed by atoms with van der Waals surface area (Å²) in [7, 11) is 1.32. The van der Waals surface area contributed by atoms with Crippen LogP contribution in [0, 0.1) is 17.2 Å². The Labute approximate surface area is 157 Å². The van der Waals surface area contributed by atoms with Crippen molar-refractivity contribution in [2.45, 2.75) is 18.9 Å². The number of nitrogens with zero attached hydrogens (tertiary/aromatic N) is 1. The van der Waals surface area contributed by atoms with Gasteiger partial charge in [-0.1, -0.05) is 24.3 Å². The molecule has 0 aromatic heterocycles. The number of carbonyl (C=O) groups excluding carboxylic acids is 2. The van der Waals surface area contributed by atoms with Gasteiger partial charge in [0.1, 0.15) is 12.4 Å². The summed E-state index contributed by atoms with van der Waals surface area (Å²) in [5.41, 5.74) is 2.68. The molecule has 1 saturated heterocycles. The van der Waals surface area contributed by atoms with Gasteiger partial charge in [0.25, 0.3) is 0 Å². The highest BCUT2D eigenvalue weighted by Crippen LogP contribution is 2.24. The molecule has 0 aliphatic carbocycles. The van der Waals surface area contributed by atoms with Gasteiger partial charge in [-0.15, -0.1) is 0 Å². The maximum Gasteiger partial charge on any atom is 0.306 e. The molecule has 1 aliphatic heterocycles. The summed E-state index contributed by atoms with van der Waals surface area (Å²) in [6, 6.07) is 17.0. The molecule has 0 spiro atoms. The molecular weight excluding hydrogens is 344 g/mol. The third-order valence-corrected chi connectivity index (χ3v) is 4.58. The summed E-state index contributed by atoms with van der Waals surface area (Å²) >= 11 is 0. The third kappa shape index (κ3) is 4.64. The molecule has 1 fully saturated rings. The highest BCUT2D eigenvalue weighted by Gasteiger charge is 2.34. The molecule has 27 heavy (non-hydrogen) atoms. The monoisotopic (exact) mass is 364 g/mol. The fourth-order valence-electron chi connectivity index (χ4n) is 3.08. The first kappa shape index (κ1) is 18.5. The molecule has 3 rings (SSSR count). The summed E-state index contributed by atoms with van der Waals surface area (Å²) in [5.74, 6) is -0.164. The van der Waals surface area contributed by atoms with Crippen molar-refractivity contribution >= 4 is 11.9 Å². The van der Waals surface area contributed by atoms with Crippen LogP contribution in [0.4, 0.5) is 0 Å². The smallest absolute Gasteiger partial charge is 0.306 e. The van der Waals surface area contributed by atoms with Crippen molar-refractivity contribution in [3.05, 3.63) is 54.1 Å². The number of ether oxygens (including phenoxy) is 2. The zero-order chi connectivity index (χ0) is 19.2. The number of hydrogen-bond acceptors (Lipinski definition) is 5. The lowest BCUT2D eigenvalue weighted by atomic mass is 10.0. The molecule has 6 heteroatoms. The number of nitrogens with one attached hydrogen (secondary N) is 1. The van der Waals surface area contributed by atoms with E-state index in [1.165, 1.54) is 7.11 Å². The average Bonchev–Trinajstić information content (AvgIpc) is 3.06. The van der Waals surface area contributed by atoms with E-state index in [0.29, 0.717) is 24.3 Å². The minimum Gasteiger partial charge on any atom is -0.491 e. The first-order chi connectivity index (χ1) is 13.1. The van der Waals surface area contributed by atoms with Gasteiger partial charge in [-0.25, -0.2) is 0 Å². The van der Waals surface area contributed by atoms with E-state index >= 15 is 0 Å².